The van der Waals surface area contributed by atoms with E-state index in [1.54, 1.807) is 30.3 Å². The highest BCUT2D eigenvalue weighted by Gasteiger charge is 2.46. The van der Waals surface area contributed by atoms with Gasteiger partial charge in [0.25, 0.3) is 23.6 Å². The third kappa shape index (κ3) is 6.64. The maximum Gasteiger partial charge on any atom is 0.491 e. The molecule has 2 atom stereocenters. The molecule has 50 heavy (non-hydrogen) atoms. The fraction of sp³-hybridized carbons (Fsp3) is 0.438. The van der Waals surface area contributed by atoms with Crippen LogP contribution < -0.4 is 21.6 Å². The maximum absolute atomic E-state index is 14.2. The molecule has 0 aliphatic carbocycles. The maximum atomic E-state index is 14.2. The second-order valence-electron chi connectivity index (χ2n) is 13.1. The molecule has 16 nitrogen and oxygen atoms in total. The van der Waals surface area contributed by atoms with E-state index in [0.717, 1.165) is 11.1 Å². The number of amides is 5. The van der Waals surface area contributed by atoms with Crippen molar-refractivity contribution in [3.05, 3.63) is 58.7 Å². The van der Waals surface area contributed by atoms with Crippen LogP contribution in [0, 0.1) is 0 Å². The van der Waals surface area contributed by atoms with Gasteiger partial charge in [0, 0.05) is 49.8 Å². The van der Waals surface area contributed by atoms with Crippen LogP contribution in [-0.4, -0.2) is 107 Å². The van der Waals surface area contributed by atoms with Crippen LogP contribution in [0.2, 0.25) is 0 Å². The van der Waals surface area contributed by atoms with Crippen molar-refractivity contribution in [2.75, 3.05) is 19.8 Å². The molecule has 2 aromatic rings. The summed E-state index contributed by atoms with van der Waals surface area (Å²) in [6, 6.07) is 7.86. The predicted octanol–water partition coefficient (Wildman–Crippen LogP) is -2.20. The second-order valence-corrected chi connectivity index (χ2v) is 13.1. The number of carbonyl (C=O) groups is 6. The fourth-order valence-electron chi connectivity index (χ4n) is 7.07. The van der Waals surface area contributed by atoms with Gasteiger partial charge in [-0.25, -0.2) is 4.79 Å². The first kappa shape index (κ1) is 33.9. The van der Waals surface area contributed by atoms with Crippen LogP contribution in [0.25, 0.3) is 0 Å². The number of nitrogens with one attached hydrogen (secondary N) is 2. The summed E-state index contributed by atoms with van der Waals surface area (Å²) in [7, 11) is -2.34. The molecule has 4 N–H and O–H groups in total. The molecule has 0 spiro atoms. The van der Waals surface area contributed by atoms with Gasteiger partial charge in [0.1, 0.15) is 6.04 Å². The first-order valence-electron chi connectivity index (χ1n) is 16.4. The molecule has 7 rings (SSSR count). The van der Waals surface area contributed by atoms with Gasteiger partial charge in [-0.1, -0.05) is 12.1 Å². The zero-order chi connectivity index (χ0) is 35.2. The van der Waals surface area contributed by atoms with Crippen molar-refractivity contribution >= 4 is 60.7 Å². The van der Waals surface area contributed by atoms with Crippen LogP contribution in [0.5, 0.6) is 0 Å². The normalized spacial score (nSPS) is 22.4. The Hall–Kier alpha value is -4.61. The number of benzene rings is 2. The zero-order valence-electron chi connectivity index (χ0n) is 26.9. The van der Waals surface area contributed by atoms with Crippen LogP contribution >= 0.6 is 0 Å². The summed E-state index contributed by atoms with van der Waals surface area (Å²) in [4.78, 5) is 85.1. The number of hydrogen-bond donors (Lipinski definition) is 4. The number of hydrogen-bond acceptors (Lipinski definition) is 12. The molecule has 0 bridgehead atoms. The summed E-state index contributed by atoms with van der Waals surface area (Å²) in [6.45, 7) is 0.795. The van der Waals surface area contributed by atoms with Gasteiger partial charge < -0.3 is 44.5 Å². The number of carbonyl (C=O) groups excluding carboxylic acids is 6. The van der Waals surface area contributed by atoms with Crippen molar-refractivity contribution in [1.82, 2.24) is 20.6 Å². The summed E-state index contributed by atoms with van der Waals surface area (Å²) < 4.78 is 16.0. The van der Waals surface area contributed by atoms with Crippen molar-refractivity contribution < 1.29 is 57.7 Å². The molecule has 3 saturated heterocycles. The predicted molar refractivity (Wildman–Crippen MR) is 171 cm³/mol. The van der Waals surface area contributed by atoms with Gasteiger partial charge in [-0.15, -0.1) is 5.06 Å². The molecular weight excluding hydrogens is 654 g/mol. The minimum absolute atomic E-state index is 0.0322. The Morgan fingerprint density at radius 2 is 1.50 bits per heavy atom. The first-order chi connectivity index (χ1) is 24.0. The summed E-state index contributed by atoms with van der Waals surface area (Å²) in [6.07, 6.45) is -0.0321. The van der Waals surface area contributed by atoms with Gasteiger partial charge in [-0.2, -0.15) is 0 Å². The third-order valence-corrected chi connectivity index (χ3v) is 9.85. The highest BCUT2D eigenvalue weighted by Crippen LogP contribution is 2.29. The lowest BCUT2D eigenvalue weighted by molar-refractivity contribution is -0.199. The molecule has 2 aromatic carbocycles. The molecule has 5 aliphatic rings. The fourth-order valence-corrected chi connectivity index (χ4v) is 7.07. The Bertz CT molecular complexity index is 1750. The number of hydroxylamine groups is 2. The molecule has 5 aliphatic heterocycles. The molecular formula is C32H34B2N4O12. The van der Waals surface area contributed by atoms with Crippen LogP contribution in [0.3, 0.4) is 0 Å². The molecule has 0 aromatic heterocycles. The summed E-state index contributed by atoms with van der Waals surface area (Å²) in [5, 5.41) is 26.7. The van der Waals surface area contributed by atoms with Gasteiger partial charge >= 0.3 is 20.2 Å². The summed E-state index contributed by atoms with van der Waals surface area (Å²) in [5.41, 5.74) is 1.72. The molecule has 5 heterocycles. The van der Waals surface area contributed by atoms with Crippen molar-refractivity contribution in [3.63, 3.8) is 0 Å². The largest absolute Gasteiger partial charge is 0.491 e. The summed E-state index contributed by atoms with van der Waals surface area (Å²) >= 11 is 0. The van der Waals surface area contributed by atoms with Gasteiger partial charge in [-0.05, 0) is 65.6 Å². The van der Waals surface area contributed by atoms with E-state index in [9.17, 15) is 38.8 Å². The van der Waals surface area contributed by atoms with Crippen molar-refractivity contribution in [3.8, 4) is 0 Å². The lowest BCUT2D eigenvalue weighted by Crippen LogP contribution is -2.58. The van der Waals surface area contributed by atoms with E-state index in [2.05, 4.69) is 10.6 Å². The monoisotopic (exact) mass is 688 g/mol. The average Bonchev–Trinajstić information content (AvgIpc) is 3.88. The topological polar surface area (TPSA) is 210 Å². The number of imide groups is 1. The second kappa shape index (κ2) is 13.6. The van der Waals surface area contributed by atoms with Crippen LogP contribution in [0.1, 0.15) is 70.4 Å². The molecule has 0 saturated carbocycles. The minimum atomic E-state index is -1.20. The number of rotatable bonds is 8. The van der Waals surface area contributed by atoms with Crippen molar-refractivity contribution in [2.24, 2.45) is 0 Å². The lowest BCUT2D eigenvalue weighted by atomic mass is 9.78. The van der Waals surface area contributed by atoms with Crippen molar-refractivity contribution in [2.45, 2.75) is 69.4 Å². The van der Waals surface area contributed by atoms with E-state index in [1.165, 1.54) is 11.0 Å². The SMILES string of the molecule is O=C(CC1(NC(=O)[C@@H]2C[C@@H](NC(=O)c3ccc4c(c3)B(O)OC4)CN2C(=O)c2ccc3c(c2)B(O)OC3)CCOCC1)ON1C(=O)CCC1=O. The van der Waals surface area contributed by atoms with E-state index >= 15 is 0 Å². The zero-order valence-corrected chi connectivity index (χ0v) is 26.9. The van der Waals surface area contributed by atoms with Gasteiger partial charge in [-0.3, -0.25) is 24.0 Å². The van der Waals surface area contributed by atoms with E-state index in [1.807, 2.05) is 0 Å². The Labute approximate surface area is 286 Å². The molecule has 18 heteroatoms. The summed E-state index contributed by atoms with van der Waals surface area (Å²) in [5.74, 6) is -3.72. The average molecular weight is 688 g/mol. The molecule has 260 valence electrons. The molecule has 0 radical (unpaired) electrons. The van der Waals surface area contributed by atoms with Crippen LogP contribution in [0.4, 0.5) is 0 Å². The third-order valence-electron chi connectivity index (χ3n) is 9.85. The van der Waals surface area contributed by atoms with E-state index < -0.39 is 67.4 Å². The van der Waals surface area contributed by atoms with E-state index in [4.69, 9.17) is 18.9 Å². The van der Waals surface area contributed by atoms with Crippen LogP contribution in [-0.2, 0) is 51.3 Å². The highest BCUT2D eigenvalue weighted by molar-refractivity contribution is 6.62. The lowest BCUT2D eigenvalue weighted by Gasteiger charge is -2.38. The van der Waals surface area contributed by atoms with Crippen LogP contribution in [0.15, 0.2) is 36.4 Å². The van der Waals surface area contributed by atoms with E-state index in [-0.39, 0.29) is 82.6 Å². The standard InChI is InChI=1S/C32H34B2N4O12/c39-26-5-6-27(40)38(26)50-28(41)14-32(7-9-47-10-8-32)36-30(43)25-13-22(35-29(42)18-1-3-20-16-48-33(45)23(20)11-18)15-37(25)31(44)19-2-4-21-17-49-34(46)24(21)12-19/h1-4,11-12,22,25,45-46H,5-10,13-17H2,(H,35,42)(H,36,43)/t22-,25+/m1/s1. The number of likely N-dealkylation sites (tertiary alicyclic amines) is 1. The van der Waals surface area contributed by atoms with Gasteiger partial charge in [0.2, 0.25) is 5.91 Å². The Balaban J connectivity index is 1.11. The molecule has 5 amide bonds. The minimum Gasteiger partial charge on any atom is -0.423 e. The number of ether oxygens (including phenoxy) is 1. The molecule has 0 unspecified atom stereocenters. The number of nitrogens with zero attached hydrogens (tertiary/aromatic N) is 2. The Kier molecular flexibility index (Phi) is 9.21. The van der Waals surface area contributed by atoms with Crippen molar-refractivity contribution in [1.29, 1.82) is 0 Å². The Morgan fingerprint density at radius 3 is 2.14 bits per heavy atom. The Morgan fingerprint density at radius 1 is 0.900 bits per heavy atom. The highest BCUT2D eigenvalue weighted by atomic mass is 16.7. The quantitative estimate of drug-likeness (QED) is 0.172. The van der Waals surface area contributed by atoms with E-state index in [0.29, 0.717) is 16.0 Å². The molecule has 3 fully saturated rings. The van der Waals surface area contributed by atoms with Gasteiger partial charge in [0.15, 0.2) is 0 Å². The van der Waals surface area contributed by atoms with Gasteiger partial charge in [0.05, 0.1) is 25.2 Å². The smallest absolute Gasteiger partial charge is 0.423 e. The first-order valence-corrected chi connectivity index (χ1v) is 16.4. The number of fused-ring (bicyclic) bond motifs is 2.